The summed E-state index contributed by atoms with van der Waals surface area (Å²) in [5.74, 6) is 0.0352. The fraction of sp³-hybridized carbons (Fsp3) is 0.500. The Kier molecular flexibility index (Phi) is 6.56. The Balaban J connectivity index is 1.77. The number of amides is 1. The quantitative estimate of drug-likeness (QED) is 0.585. The van der Waals surface area contributed by atoms with Gasteiger partial charge in [-0.25, -0.2) is 4.98 Å². The summed E-state index contributed by atoms with van der Waals surface area (Å²) in [7, 11) is 0. The molecule has 1 aliphatic carbocycles. The number of nitrogens with zero attached hydrogens (tertiary/aromatic N) is 4. The van der Waals surface area contributed by atoms with Crippen molar-refractivity contribution in [2.75, 3.05) is 18.0 Å². The number of nitrogens with one attached hydrogen (secondary N) is 1. The number of carbonyl (C=O) groups excluding carboxylic acids is 1. The molecule has 8 nitrogen and oxygen atoms in total. The zero-order valence-electron chi connectivity index (χ0n) is 18.6. The lowest BCUT2D eigenvalue weighted by Gasteiger charge is -2.36. The number of aromatic nitrogens is 2. The lowest BCUT2D eigenvalue weighted by Crippen LogP contribution is -2.46. The molecule has 168 valence electrons. The van der Waals surface area contributed by atoms with Crippen LogP contribution in [0.15, 0.2) is 34.8 Å². The zero-order valence-corrected chi connectivity index (χ0v) is 18.6. The minimum atomic E-state index is -0.438. The third-order valence-corrected chi connectivity index (χ3v) is 6.06. The van der Waals surface area contributed by atoms with Crippen LogP contribution in [0.5, 0.6) is 0 Å². The summed E-state index contributed by atoms with van der Waals surface area (Å²) in [6.45, 7) is 5.09. The van der Waals surface area contributed by atoms with E-state index in [2.05, 4.69) is 5.32 Å². The van der Waals surface area contributed by atoms with E-state index >= 15 is 0 Å². The van der Waals surface area contributed by atoms with Crippen molar-refractivity contribution in [2.24, 2.45) is 0 Å². The molecule has 0 spiro atoms. The molecule has 0 radical (unpaired) electrons. The predicted octanol–water partition coefficient (Wildman–Crippen LogP) is 2.66. The van der Waals surface area contributed by atoms with Gasteiger partial charge in [-0.1, -0.05) is 25.3 Å². The number of hydrogen-bond acceptors (Lipinski definition) is 6. The van der Waals surface area contributed by atoms with E-state index in [0.717, 1.165) is 25.7 Å². The average molecular weight is 436 g/mol. The van der Waals surface area contributed by atoms with Crippen LogP contribution in [0.3, 0.4) is 0 Å². The van der Waals surface area contributed by atoms with Gasteiger partial charge in [0.15, 0.2) is 0 Å². The van der Waals surface area contributed by atoms with E-state index in [-0.39, 0.29) is 34.9 Å². The smallest absolute Gasteiger partial charge is 0.267 e. The number of hydrogen-bond donors (Lipinski definition) is 1. The first-order valence-corrected chi connectivity index (χ1v) is 11.3. The highest BCUT2D eigenvalue weighted by molar-refractivity contribution is 6.02. The van der Waals surface area contributed by atoms with Crippen LogP contribution in [0.2, 0.25) is 0 Å². The van der Waals surface area contributed by atoms with Crippen molar-refractivity contribution >= 4 is 23.4 Å². The largest absolute Gasteiger partial charge is 0.372 e. The highest BCUT2D eigenvalue weighted by Gasteiger charge is 2.27. The molecule has 2 aliphatic rings. The van der Waals surface area contributed by atoms with Gasteiger partial charge in [-0.2, -0.15) is 5.26 Å². The number of nitriles is 1. The lowest BCUT2D eigenvalue weighted by molar-refractivity contribution is -0.117. The van der Waals surface area contributed by atoms with E-state index in [4.69, 9.17) is 9.72 Å². The second kappa shape index (κ2) is 9.53. The second-order valence-electron chi connectivity index (χ2n) is 8.72. The normalized spacial score (nSPS) is 22.5. The van der Waals surface area contributed by atoms with Gasteiger partial charge in [0.2, 0.25) is 0 Å². The molecule has 2 aromatic rings. The Bertz CT molecular complexity index is 1120. The maximum atomic E-state index is 13.4. The summed E-state index contributed by atoms with van der Waals surface area (Å²) in [6.07, 6.45) is 8.13. The van der Waals surface area contributed by atoms with Gasteiger partial charge in [0.05, 0.1) is 17.8 Å². The van der Waals surface area contributed by atoms with Gasteiger partial charge < -0.3 is 15.0 Å². The second-order valence-corrected chi connectivity index (χ2v) is 8.72. The molecule has 1 N–H and O–H groups in total. The van der Waals surface area contributed by atoms with E-state index in [9.17, 15) is 14.9 Å². The van der Waals surface area contributed by atoms with Gasteiger partial charge in [-0.3, -0.25) is 14.0 Å². The Morgan fingerprint density at radius 1 is 1.22 bits per heavy atom. The van der Waals surface area contributed by atoms with Crippen molar-refractivity contribution in [3.63, 3.8) is 0 Å². The summed E-state index contributed by atoms with van der Waals surface area (Å²) >= 11 is 0. The van der Waals surface area contributed by atoms with Crippen molar-refractivity contribution in [1.29, 1.82) is 5.26 Å². The zero-order chi connectivity index (χ0) is 22.7. The lowest BCUT2D eigenvalue weighted by atomic mass is 9.95. The fourth-order valence-corrected chi connectivity index (χ4v) is 4.61. The molecule has 1 amide bonds. The summed E-state index contributed by atoms with van der Waals surface area (Å²) in [5, 5.41) is 12.7. The average Bonchev–Trinajstić information content (AvgIpc) is 2.78. The fourth-order valence-electron chi connectivity index (χ4n) is 4.61. The van der Waals surface area contributed by atoms with Crippen molar-refractivity contribution < 1.29 is 9.53 Å². The first-order valence-electron chi connectivity index (χ1n) is 11.3. The molecule has 1 saturated carbocycles. The molecule has 0 bridgehead atoms. The summed E-state index contributed by atoms with van der Waals surface area (Å²) in [4.78, 5) is 33.0. The highest BCUT2D eigenvalue weighted by atomic mass is 16.5. The number of carbonyl (C=O) groups is 1. The summed E-state index contributed by atoms with van der Waals surface area (Å²) < 4.78 is 7.28. The van der Waals surface area contributed by atoms with Crippen LogP contribution in [-0.2, 0) is 9.53 Å². The van der Waals surface area contributed by atoms with Crippen molar-refractivity contribution in [3.8, 4) is 6.07 Å². The molecule has 0 aromatic carbocycles. The van der Waals surface area contributed by atoms with Crippen LogP contribution in [0.1, 0.15) is 51.5 Å². The minimum absolute atomic E-state index is 0.0309. The molecule has 8 heteroatoms. The van der Waals surface area contributed by atoms with Gasteiger partial charge in [0.1, 0.15) is 23.1 Å². The Labute approximate surface area is 187 Å². The van der Waals surface area contributed by atoms with Crippen molar-refractivity contribution in [2.45, 2.75) is 64.2 Å². The van der Waals surface area contributed by atoms with Crippen LogP contribution < -0.4 is 15.8 Å². The van der Waals surface area contributed by atoms with E-state index in [1.54, 1.807) is 18.3 Å². The molecule has 2 aromatic heterocycles. The number of anilines is 1. The first-order chi connectivity index (χ1) is 15.5. The first kappa shape index (κ1) is 22.0. The Morgan fingerprint density at radius 3 is 2.62 bits per heavy atom. The van der Waals surface area contributed by atoms with Gasteiger partial charge in [-0.15, -0.1) is 0 Å². The van der Waals surface area contributed by atoms with E-state index < -0.39 is 5.91 Å². The maximum Gasteiger partial charge on any atom is 0.267 e. The molecule has 1 aliphatic heterocycles. The number of morpholine rings is 1. The van der Waals surface area contributed by atoms with Crippen LogP contribution in [-0.4, -0.2) is 46.6 Å². The molecule has 2 atom stereocenters. The predicted molar refractivity (Wildman–Crippen MR) is 122 cm³/mol. The third-order valence-electron chi connectivity index (χ3n) is 6.06. The summed E-state index contributed by atoms with van der Waals surface area (Å²) in [6, 6.07) is 7.41. The van der Waals surface area contributed by atoms with Crippen molar-refractivity contribution in [1.82, 2.24) is 14.7 Å². The SMILES string of the molecule is C[C@@H]1CN(c2nc3ccccn3c(=O)c2/C=C(\C#N)C(=O)NC2CCCCC2)C[C@@H](C)O1. The van der Waals surface area contributed by atoms with Gasteiger partial charge in [-0.05, 0) is 44.9 Å². The number of fused-ring (bicyclic) bond motifs is 1. The van der Waals surface area contributed by atoms with Crippen LogP contribution in [0, 0.1) is 11.3 Å². The van der Waals surface area contributed by atoms with Crippen molar-refractivity contribution in [3.05, 3.63) is 45.9 Å². The maximum absolute atomic E-state index is 13.4. The van der Waals surface area contributed by atoms with Crippen LogP contribution >= 0.6 is 0 Å². The molecule has 3 heterocycles. The van der Waals surface area contributed by atoms with E-state index in [1.165, 1.54) is 16.9 Å². The molecule has 4 rings (SSSR count). The van der Waals surface area contributed by atoms with Gasteiger partial charge in [0, 0.05) is 25.3 Å². The monoisotopic (exact) mass is 435 g/mol. The Hall–Kier alpha value is -3.18. The van der Waals surface area contributed by atoms with Gasteiger partial charge in [0.25, 0.3) is 11.5 Å². The topological polar surface area (TPSA) is 99.7 Å². The minimum Gasteiger partial charge on any atom is -0.372 e. The summed E-state index contributed by atoms with van der Waals surface area (Å²) in [5.41, 5.74) is 0.364. The van der Waals surface area contributed by atoms with Gasteiger partial charge >= 0.3 is 0 Å². The van der Waals surface area contributed by atoms with E-state index in [1.807, 2.05) is 30.9 Å². The molecule has 32 heavy (non-hydrogen) atoms. The number of pyridine rings is 1. The standard InChI is InChI=1S/C24H29N5O3/c1-16-14-28(15-17(2)32-16)22-20(24(31)29-11-7-6-10-21(29)27-22)12-18(13-25)23(30)26-19-8-4-3-5-9-19/h6-7,10-12,16-17,19H,3-5,8-9,14-15H2,1-2H3,(H,26,30)/b18-12+/t16-,17-/m1/s1. The molecule has 2 fully saturated rings. The number of rotatable bonds is 4. The molecular weight excluding hydrogens is 406 g/mol. The van der Waals surface area contributed by atoms with Crippen LogP contribution in [0.4, 0.5) is 5.82 Å². The molecule has 1 saturated heterocycles. The third kappa shape index (κ3) is 4.68. The molecule has 0 unspecified atom stereocenters. The van der Waals surface area contributed by atoms with E-state index in [0.29, 0.717) is 24.6 Å². The molecular formula is C24H29N5O3. The number of ether oxygens (including phenoxy) is 1. The Morgan fingerprint density at radius 2 is 1.94 bits per heavy atom. The van der Waals surface area contributed by atoms with Crippen LogP contribution in [0.25, 0.3) is 11.7 Å². The highest BCUT2D eigenvalue weighted by Crippen LogP contribution is 2.24.